The lowest BCUT2D eigenvalue weighted by molar-refractivity contribution is 0.415. The maximum absolute atomic E-state index is 12.9. The summed E-state index contributed by atoms with van der Waals surface area (Å²) in [5.41, 5.74) is 8.36. The van der Waals surface area contributed by atoms with Gasteiger partial charge in [0.25, 0.3) is 0 Å². The lowest BCUT2D eigenvalue weighted by Gasteiger charge is -2.18. The molecule has 0 bridgehead atoms. The van der Waals surface area contributed by atoms with Gasteiger partial charge in [0.15, 0.2) is 0 Å². The molecule has 4 heteroatoms. The van der Waals surface area contributed by atoms with Crippen LogP contribution in [0.5, 0.6) is 5.75 Å². The number of nitrogen functional groups attached to an aromatic ring is 1. The third kappa shape index (κ3) is 3.16. The Labute approximate surface area is 112 Å². The zero-order valence-corrected chi connectivity index (χ0v) is 11.0. The summed E-state index contributed by atoms with van der Waals surface area (Å²) in [5.74, 6) is 0.500. The Bertz CT molecular complexity index is 555. The Balaban J connectivity index is 2.18. The molecule has 0 spiro atoms. The number of methoxy groups -OCH3 is 1. The van der Waals surface area contributed by atoms with Crippen molar-refractivity contribution in [3.05, 3.63) is 53.8 Å². The van der Waals surface area contributed by atoms with Crippen LogP contribution in [0, 0.1) is 5.82 Å². The first-order chi connectivity index (χ1) is 9.10. The average molecular weight is 260 g/mol. The van der Waals surface area contributed by atoms with Crippen molar-refractivity contribution in [2.24, 2.45) is 0 Å². The smallest absolute Gasteiger partial charge is 0.123 e. The van der Waals surface area contributed by atoms with Gasteiger partial charge in [-0.05, 0) is 36.8 Å². The van der Waals surface area contributed by atoms with Crippen LogP contribution in [-0.2, 0) is 0 Å². The van der Waals surface area contributed by atoms with Gasteiger partial charge in [0, 0.05) is 12.1 Å². The lowest BCUT2D eigenvalue weighted by Crippen LogP contribution is -2.08. The average Bonchev–Trinajstić information content (AvgIpc) is 2.42. The van der Waals surface area contributed by atoms with Crippen LogP contribution in [0.25, 0.3) is 0 Å². The first-order valence-electron chi connectivity index (χ1n) is 6.05. The maximum Gasteiger partial charge on any atom is 0.123 e. The minimum Gasteiger partial charge on any atom is -0.497 e. The van der Waals surface area contributed by atoms with Crippen LogP contribution in [-0.4, -0.2) is 7.11 Å². The van der Waals surface area contributed by atoms with Gasteiger partial charge in [0.2, 0.25) is 0 Å². The quantitative estimate of drug-likeness (QED) is 0.826. The maximum atomic E-state index is 12.9. The summed E-state index contributed by atoms with van der Waals surface area (Å²) in [6, 6.07) is 11.9. The van der Waals surface area contributed by atoms with E-state index in [-0.39, 0.29) is 11.9 Å². The summed E-state index contributed by atoms with van der Waals surface area (Å²) in [6.45, 7) is 1.99. The monoisotopic (exact) mass is 260 g/mol. The second-order valence-corrected chi connectivity index (χ2v) is 4.37. The fourth-order valence-electron chi connectivity index (χ4n) is 1.86. The number of hydrogen-bond acceptors (Lipinski definition) is 3. The molecule has 19 heavy (non-hydrogen) atoms. The predicted octanol–water partition coefficient (Wildman–Crippen LogP) is 3.59. The summed E-state index contributed by atoms with van der Waals surface area (Å²) < 4.78 is 18.1. The molecule has 2 aromatic carbocycles. The largest absolute Gasteiger partial charge is 0.497 e. The number of rotatable bonds is 4. The number of ether oxygens (including phenoxy) is 1. The fraction of sp³-hybridized carbons (Fsp3) is 0.200. The Morgan fingerprint density at radius 3 is 2.47 bits per heavy atom. The van der Waals surface area contributed by atoms with Gasteiger partial charge in [-0.15, -0.1) is 0 Å². The molecule has 0 aliphatic heterocycles. The molecule has 0 fully saturated rings. The molecule has 0 saturated carbocycles. The molecule has 0 saturated heterocycles. The van der Waals surface area contributed by atoms with E-state index in [1.165, 1.54) is 12.1 Å². The molecular formula is C15H17FN2O. The Morgan fingerprint density at radius 2 is 1.84 bits per heavy atom. The highest BCUT2D eigenvalue weighted by atomic mass is 19.1. The van der Waals surface area contributed by atoms with Crippen molar-refractivity contribution in [3.63, 3.8) is 0 Å². The number of nitrogens with one attached hydrogen (secondary N) is 1. The van der Waals surface area contributed by atoms with Crippen LogP contribution in [0.2, 0.25) is 0 Å². The van der Waals surface area contributed by atoms with Crippen molar-refractivity contribution in [1.29, 1.82) is 0 Å². The second-order valence-electron chi connectivity index (χ2n) is 4.37. The van der Waals surface area contributed by atoms with Gasteiger partial charge in [0.05, 0.1) is 18.5 Å². The molecule has 2 rings (SSSR count). The van der Waals surface area contributed by atoms with Crippen LogP contribution in [0.3, 0.4) is 0 Å². The summed E-state index contributed by atoms with van der Waals surface area (Å²) in [7, 11) is 1.61. The molecule has 0 heterocycles. The van der Waals surface area contributed by atoms with Gasteiger partial charge < -0.3 is 15.8 Å². The molecule has 2 aromatic rings. The second kappa shape index (κ2) is 5.61. The van der Waals surface area contributed by atoms with E-state index in [1.807, 2.05) is 19.1 Å². The van der Waals surface area contributed by atoms with E-state index < -0.39 is 0 Å². The molecule has 0 aromatic heterocycles. The van der Waals surface area contributed by atoms with Gasteiger partial charge in [-0.3, -0.25) is 0 Å². The predicted molar refractivity (Wildman–Crippen MR) is 75.8 cm³/mol. The van der Waals surface area contributed by atoms with Gasteiger partial charge in [0.1, 0.15) is 11.6 Å². The third-order valence-electron chi connectivity index (χ3n) is 3.00. The van der Waals surface area contributed by atoms with Gasteiger partial charge in [-0.1, -0.05) is 12.1 Å². The van der Waals surface area contributed by atoms with Crippen LogP contribution in [0.15, 0.2) is 42.5 Å². The highest BCUT2D eigenvalue weighted by Gasteiger charge is 2.08. The molecule has 3 nitrogen and oxygen atoms in total. The lowest BCUT2D eigenvalue weighted by atomic mass is 10.1. The SMILES string of the molecule is COc1ccc(N)c(NC(C)c2ccc(F)cc2)c1. The summed E-state index contributed by atoms with van der Waals surface area (Å²) in [4.78, 5) is 0. The number of anilines is 2. The van der Waals surface area contributed by atoms with Crippen molar-refractivity contribution in [3.8, 4) is 5.75 Å². The van der Waals surface area contributed by atoms with Gasteiger partial charge in [-0.25, -0.2) is 4.39 Å². The number of hydrogen-bond donors (Lipinski definition) is 2. The molecule has 0 amide bonds. The highest BCUT2D eigenvalue weighted by Crippen LogP contribution is 2.28. The topological polar surface area (TPSA) is 47.3 Å². The van der Waals surface area contributed by atoms with Crippen LogP contribution in [0.1, 0.15) is 18.5 Å². The van der Waals surface area contributed by atoms with E-state index >= 15 is 0 Å². The molecule has 0 radical (unpaired) electrons. The van der Waals surface area contributed by atoms with Crippen LogP contribution < -0.4 is 15.8 Å². The summed E-state index contributed by atoms with van der Waals surface area (Å²) >= 11 is 0. The highest BCUT2D eigenvalue weighted by molar-refractivity contribution is 5.68. The van der Waals surface area contributed by atoms with Crippen LogP contribution in [0.4, 0.5) is 15.8 Å². The molecule has 0 aliphatic rings. The minimum absolute atomic E-state index is 0.0232. The summed E-state index contributed by atoms with van der Waals surface area (Å²) in [6.07, 6.45) is 0. The van der Waals surface area contributed by atoms with Gasteiger partial charge >= 0.3 is 0 Å². The number of nitrogens with two attached hydrogens (primary N) is 1. The van der Waals surface area contributed by atoms with E-state index in [4.69, 9.17) is 10.5 Å². The van der Waals surface area contributed by atoms with Crippen molar-refractivity contribution >= 4 is 11.4 Å². The van der Waals surface area contributed by atoms with Gasteiger partial charge in [-0.2, -0.15) is 0 Å². The Kier molecular flexibility index (Phi) is 3.90. The Hall–Kier alpha value is -2.23. The summed E-state index contributed by atoms with van der Waals surface area (Å²) in [5, 5.41) is 3.29. The van der Waals surface area contributed by atoms with Crippen LogP contribution >= 0.6 is 0 Å². The molecule has 0 aliphatic carbocycles. The molecule has 1 unspecified atom stereocenters. The fourth-order valence-corrected chi connectivity index (χ4v) is 1.86. The van der Waals surface area contributed by atoms with E-state index in [0.717, 1.165) is 17.0 Å². The first-order valence-corrected chi connectivity index (χ1v) is 6.05. The molecular weight excluding hydrogens is 243 g/mol. The van der Waals surface area contributed by atoms with E-state index in [2.05, 4.69) is 5.32 Å². The Morgan fingerprint density at radius 1 is 1.16 bits per heavy atom. The first kappa shape index (κ1) is 13.2. The standard InChI is InChI=1S/C15H17FN2O/c1-10(11-3-5-12(16)6-4-11)18-15-9-13(19-2)7-8-14(15)17/h3-10,18H,17H2,1-2H3. The van der Waals surface area contributed by atoms with Crippen molar-refractivity contribution < 1.29 is 9.13 Å². The minimum atomic E-state index is -0.239. The molecule has 100 valence electrons. The zero-order valence-electron chi connectivity index (χ0n) is 11.0. The number of halogens is 1. The van der Waals surface area contributed by atoms with E-state index in [1.54, 1.807) is 25.3 Å². The zero-order chi connectivity index (χ0) is 13.8. The van der Waals surface area contributed by atoms with Crippen molar-refractivity contribution in [2.45, 2.75) is 13.0 Å². The molecule has 1 atom stereocenters. The van der Waals surface area contributed by atoms with E-state index in [9.17, 15) is 4.39 Å². The normalized spacial score (nSPS) is 11.9. The van der Waals surface area contributed by atoms with Crippen molar-refractivity contribution in [1.82, 2.24) is 0 Å². The van der Waals surface area contributed by atoms with E-state index in [0.29, 0.717) is 5.69 Å². The van der Waals surface area contributed by atoms with Crippen molar-refractivity contribution in [2.75, 3.05) is 18.2 Å². The third-order valence-corrected chi connectivity index (χ3v) is 3.00. The number of benzene rings is 2. The molecule has 3 N–H and O–H groups in total.